The molecule has 3 unspecified atom stereocenters. The Morgan fingerprint density at radius 3 is 2.40 bits per heavy atom. The van der Waals surface area contributed by atoms with E-state index in [0.29, 0.717) is 0 Å². The van der Waals surface area contributed by atoms with Gasteiger partial charge in [-0.15, -0.1) is 0 Å². The van der Waals surface area contributed by atoms with Gasteiger partial charge in [0.15, 0.2) is 11.6 Å². The van der Waals surface area contributed by atoms with Crippen molar-refractivity contribution in [1.29, 1.82) is 0 Å². The maximum absolute atomic E-state index is 6.57. The van der Waals surface area contributed by atoms with Gasteiger partial charge in [0.2, 0.25) is 0 Å². The summed E-state index contributed by atoms with van der Waals surface area (Å²) in [5, 5.41) is 16.4. The van der Waals surface area contributed by atoms with Crippen LogP contribution in [0.15, 0.2) is 59.2 Å². The minimum atomic E-state index is -0.819. The molecule has 2 bridgehead atoms. The van der Waals surface area contributed by atoms with Crippen LogP contribution in [-0.4, -0.2) is 39.1 Å². The van der Waals surface area contributed by atoms with Crippen LogP contribution in [0.2, 0.25) is 0 Å². The van der Waals surface area contributed by atoms with E-state index < -0.39 is 7.92 Å². The van der Waals surface area contributed by atoms with Gasteiger partial charge in [-0.2, -0.15) is 0 Å². The number of fused-ring (bicyclic) bond motifs is 10. The van der Waals surface area contributed by atoms with E-state index in [9.17, 15) is 0 Å². The zero-order chi connectivity index (χ0) is 22.8. The van der Waals surface area contributed by atoms with Crippen molar-refractivity contribution in [3.8, 4) is 11.5 Å². The molecule has 1 aromatic heterocycles. The summed E-state index contributed by atoms with van der Waals surface area (Å²) < 4.78 is 6.57. The van der Waals surface area contributed by atoms with Gasteiger partial charge in [0.1, 0.15) is 23.6 Å². The molecule has 2 aromatic carbocycles. The van der Waals surface area contributed by atoms with Crippen LogP contribution in [0.3, 0.4) is 0 Å². The third-order valence-corrected chi connectivity index (χ3v) is 11.2. The summed E-state index contributed by atoms with van der Waals surface area (Å²) in [6.07, 6.45) is 8.34. The molecular formula is C25H23N8OP. The first-order valence-corrected chi connectivity index (χ1v) is 13.8. The normalized spacial score (nSPS) is 30.1. The van der Waals surface area contributed by atoms with Crippen LogP contribution >= 0.6 is 7.92 Å². The van der Waals surface area contributed by atoms with E-state index in [4.69, 9.17) is 25.2 Å². The van der Waals surface area contributed by atoms with E-state index in [1.807, 2.05) is 12.4 Å². The summed E-state index contributed by atoms with van der Waals surface area (Å²) in [4.78, 5) is 14.9. The average Bonchev–Trinajstić information content (AvgIpc) is 3.54. The highest BCUT2D eigenvalue weighted by Gasteiger charge is 2.58. The first-order chi connectivity index (χ1) is 17.3. The molecule has 0 N–H and O–H groups in total. The Hall–Kier alpha value is -3.45. The Bertz CT molecular complexity index is 1450. The topological polar surface area (TPSA) is 72.7 Å². The molecule has 9 nitrogen and oxygen atoms in total. The van der Waals surface area contributed by atoms with E-state index >= 15 is 0 Å². The molecular weight excluding hydrogens is 459 g/mol. The maximum atomic E-state index is 6.57. The average molecular weight is 482 g/mol. The number of hydrogen-bond acceptors (Lipinski definition) is 9. The first-order valence-electron chi connectivity index (χ1n) is 12.4. The lowest BCUT2D eigenvalue weighted by Gasteiger charge is -2.47. The molecule has 174 valence electrons. The van der Waals surface area contributed by atoms with E-state index in [-0.39, 0.29) is 24.2 Å². The Labute approximate surface area is 203 Å². The number of anilines is 4. The second kappa shape index (κ2) is 6.40. The van der Waals surface area contributed by atoms with E-state index in [0.717, 1.165) is 41.7 Å². The summed E-state index contributed by atoms with van der Waals surface area (Å²) in [6.45, 7) is 2.22. The third kappa shape index (κ3) is 2.15. The molecule has 5 aliphatic heterocycles. The van der Waals surface area contributed by atoms with Crippen molar-refractivity contribution < 1.29 is 4.74 Å². The Kier molecular flexibility index (Phi) is 3.44. The number of aromatic nitrogens is 2. The molecule has 0 radical (unpaired) electrons. The van der Waals surface area contributed by atoms with Crippen molar-refractivity contribution in [2.24, 2.45) is 10.4 Å². The SMILES string of the molecule is C[C@H]1N2N=NN1C1CCCCC1N1c3nccnc3N3c4cccc5c4P(c4c(cccc42)O5)[C@H]31. The highest BCUT2D eigenvalue weighted by molar-refractivity contribution is 7.75. The van der Waals surface area contributed by atoms with Crippen molar-refractivity contribution in [3.05, 3.63) is 48.8 Å². The number of benzene rings is 2. The number of nitrogens with zero attached hydrogens (tertiary/aromatic N) is 8. The lowest BCUT2D eigenvalue weighted by atomic mass is 9.88. The zero-order valence-electron chi connectivity index (χ0n) is 19.2. The molecule has 10 heteroatoms. The van der Waals surface area contributed by atoms with Gasteiger partial charge in [0, 0.05) is 20.3 Å². The first kappa shape index (κ1) is 18.8. The van der Waals surface area contributed by atoms with Crippen LogP contribution in [0.25, 0.3) is 0 Å². The fraction of sp³-hybridized carbons (Fsp3) is 0.360. The van der Waals surface area contributed by atoms with Crippen molar-refractivity contribution in [1.82, 2.24) is 15.0 Å². The lowest BCUT2D eigenvalue weighted by Crippen LogP contribution is -2.59. The van der Waals surface area contributed by atoms with Gasteiger partial charge in [-0.1, -0.05) is 30.2 Å². The fourth-order valence-corrected chi connectivity index (χ4v) is 10.3. The van der Waals surface area contributed by atoms with Crippen LogP contribution in [0.4, 0.5) is 23.0 Å². The summed E-state index contributed by atoms with van der Waals surface area (Å²) >= 11 is 0. The van der Waals surface area contributed by atoms with Crippen LogP contribution in [0, 0.1) is 0 Å². The molecule has 1 aliphatic carbocycles. The van der Waals surface area contributed by atoms with Crippen molar-refractivity contribution in [3.63, 3.8) is 0 Å². The molecule has 1 fully saturated rings. The highest BCUT2D eigenvalue weighted by Crippen LogP contribution is 2.66. The van der Waals surface area contributed by atoms with Gasteiger partial charge in [-0.3, -0.25) is 4.90 Å². The van der Waals surface area contributed by atoms with Gasteiger partial charge in [-0.25, -0.2) is 20.0 Å². The number of rotatable bonds is 0. The molecule has 6 heterocycles. The lowest BCUT2D eigenvalue weighted by molar-refractivity contribution is 0.113. The second-order valence-electron chi connectivity index (χ2n) is 10.0. The second-order valence-corrected chi connectivity index (χ2v) is 12.1. The van der Waals surface area contributed by atoms with Gasteiger partial charge in [0.25, 0.3) is 0 Å². The monoisotopic (exact) mass is 482 g/mol. The largest absolute Gasteiger partial charge is 0.456 e. The Morgan fingerprint density at radius 2 is 1.57 bits per heavy atom. The Morgan fingerprint density at radius 1 is 0.857 bits per heavy atom. The van der Waals surface area contributed by atoms with Gasteiger partial charge >= 0.3 is 0 Å². The van der Waals surface area contributed by atoms with Crippen LogP contribution in [-0.2, 0) is 0 Å². The van der Waals surface area contributed by atoms with Crippen molar-refractivity contribution >= 4 is 41.5 Å². The standard InChI is InChI=1S/C25H23N8OP/c1-14-32-16-7-3-2-6-15(16)30-23-24(27-13-12-26-23)31-17-8-4-10-19-21(17)35(25(30)31)22-18(33(14)29-28-32)9-5-11-20(22)34-19/h4-5,8-16,25H,2-3,6-7H2,1H3/t14-,15?,16?,25+,35?/m1/s1. The smallest absolute Gasteiger partial charge is 0.178 e. The molecule has 5 atom stereocenters. The summed E-state index contributed by atoms with van der Waals surface area (Å²) in [6, 6.07) is 13.4. The fourth-order valence-electron chi connectivity index (χ4n) is 7.00. The minimum Gasteiger partial charge on any atom is -0.456 e. The molecule has 0 saturated heterocycles. The quantitative estimate of drug-likeness (QED) is 0.441. The number of ether oxygens (including phenoxy) is 1. The summed E-state index contributed by atoms with van der Waals surface area (Å²) in [5.74, 6) is 3.97. The van der Waals surface area contributed by atoms with Crippen LogP contribution in [0.1, 0.15) is 32.6 Å². The molecule has 0 amide bonds. The van der Waals surface area contributed by atoms with Crippen LogP contribution < -0.4 is 30.2 Å². The van der Waals surface area contributed by atoms with Gasteiger partial charge in [-0.05, 0) is 49.3 Å². The predicted molar refractivity (Wildman–Crippen MR) is 134 cm³/mol. The molecule has 0 spiro atoms. The molecule has 3 aromatic rings. The highest BCUT2D eigenvalue weighted by atomic mass is 31.1. The third-order valence-electron chi connectivity index (χ3n) is 8.37. The molecule has 9 rings (SSSR count). The molecule has 35 heavy (non-hydrogen) atoms. The van der Waals surface area contributed by atoms with Gasteiger partial charge < -0.3 is 9.64 Å². The predicted octanol–water partition coefficient (Wildman–Crippen LogP) is 4.35. The maximum Gasteiger partial charge on any atom is 0.178 e. The minimum absolute atomic E-state index is 0.0397. The van der Waals surface area contributed by atoms with E-state index in [2.05, 4.69) is 63.1 Å². The summed E-state index contributed by atoms with van der Waals surface area (Å²) in [7, 11) is -0.819. The summed E-state index contributed by atoms with van der Waals surface area (Å²) in [5.41, 5.74) is 2.30. The zero-order valence-corrected chi connectivity index (χ0v) is 20.1. The Balaban J connectivity index is 1.40. The van der Waals surface area contributed by atoms with Crippen molar-refractivity contribution in [2.75, 3.05) is 14.8 Å². The van der Waals surface area contributed by atoms with E-state index in [1.165, 1.54) is 29.1 Å². The van der Waals surface area contributed by atoms with E-state index in [1.54, 1.807) is 0 Å². The van der Waals surface area contributed by atoms with Gasteiger partial charge in [0.05, 0.1) is 34.1 Å². The molecule has 6 aliphatic rings. The van der Waals surface area contributed by atoms with Crippen molar-refractivity contribution in [2.45, 2.75) is 56.8 Å². The van der Waals surface area contributed by atoms with Crippen LogP contribution in [0.5, 0.6) is 11.5 Å². The number of hydrogen-bond donors (Lipinski definition) is 0. The molecule has 1 saturated carbocycles.